The number of benzene rings is 6. The Morgan fingerprint density at radius 1 is 0.342 bits per heavy atom. The van der Waals surface area contributed by atoms with Crippen molar-refractivity contribution in [2.24, 2.45) is 0 Å². The van der Waals surface area contributed by atoms with Gasteiger partial charge in [0.1, 0.15) is 0 Å². The molecule has 0 saturated heterocycles. The van der Waals surface area contributed by atoms with Crippen molar-refractivity contribution in [1.82, 2.24) is 8.80 Å². The van der Waals surface area contributed by atoms with E-state index in [4.69, 9.17) is 0 Å². The molecule has 38 heavy (non-hydrogen) atoms. The highest BCUT2D eigenvalue weighted by atomic mass is 14.9. The fourth-order valence-electron chi connectivity index (χ4n) is 7.31. The van der Waals surface area contributed by atoms with Gasteiger partial charge < -0.3 is 8.80 Å². The van der Waals surface area contributed by atoms with Crippen LogP contribution in [-0.4, -0.2) is 8.80 Å². The zero-order valence-corrected chi connectivity index (χ0v) is 20.4. The lowest BCUT2D eigenvalue weighted by molar-refractivity contribution is 1.37. The summed E-state index contributed by atoms with van der Waals surface area (Å²) < 4.78 is 4.92. The monoisotopic (exact) mass is 480 g/mol. The average molecular weight is 481 g/mol. The van der Waals surface area contributed by atoms with Crippen LogP contribution in [0.2, 0.25) is 0 Å². The van der Waals surface area contributed by atoms with Crippen LogP contribution in [-0.2, 0) is 0 Å². The SMILES string of the molecule is c1ccc2c(c1)c1cc(-c3ccc4c5ccccc5n5c6ccccc6c3c45)cc3c4ccccc4n2c13. The molecule has 0 bridgehead atoms. The van der Waals surface area contributed by atoms with Crippen molar-refractivity contribution < 1.29 is 0 Å². The number of hydrogen-bond acceptors (Lipinski definition) is 0. The van der Waals surface area contributed by atoms with Gasteiger partial charge in [-0.05, 0) is 47.5 Å². The van der Waals surface area contributed by atoms with Gasteiger partial charge in [-0.15, -0.1) is 0 Å². The van der Waals surface area contributed by atoms with Crippen LogP contribution in [0.15, 0.2) is 121 Å². The molecule has 0 aliphatic heterocycles. The summed E-state index contributed by atoms with van der Waals surface area (Å²) >= 11 is 0. The maximum Gasteiger partial charge on any atom is 0.0626 e. The van der Waals surface area contributed by atoms with Gasteiger partial charge in [-0.3, -0.25) is 0 Å². The van der Waals surface area contributed by atoms with Crippen LogP contribution in [0.1, 0.15) is 0 Å². The van der Waals surface area contributed by atoms with Crippen molar-refractivity contribution in [1.29, 1.82) is 0 Å². The van der Waals surface area contributed by atoms with Crippen LogP contribution in [0.25, 0.3) is 87.3 Å². The van der Waals surface area contributed by atoms with Crippen LogP contribution < -0.4 is 0 Å². The Hall–Kier alpha value is -5.08. The molecule has 4 aromatic heterocycles. The van der Waals surface area contributed by atoms with Crippen molar-refractivity contribution in [3.63, 3.8) is 0 Å². The Balaban J connectivity index is 1.44. The minimum absolute atomic E-state index is 1.27. The highest BCUT2D eigenvalue weighted by Crippen LogP contribution is 2.46. The van der Waals surface area contributed by atoms with Crippen molar-refractivity contribution in [3.05, 3.63) is 121 Å². The molecule has 6 aromatic carbocycles. The van der Waals surface area contributed by atoms with Crippen LogP contribution in [0.5, 0.6) is 0 Å². The van der Waals surface area contributed by atoms with Crippen LogP contribution >= 0.6 is 0 Å². The topological polar surface area (TPSA) is 8.82 Å². The summed E-state index contributed by atoms with van der Waals surface area (Å²) in [5.74, 6) is 0. The van der Waals surface area contributed by atoms with E-state index in [-0.39, 0.29) is 0 Å². The maximum absolute atomic E-state index is 2.47. The van der Waals surface area contributed by atoms with E-state index in [1.54, 1.807) is 0 Å². The summed E-state index contributed by atoms with van der Waals surface area (Å²) in [5, 5.41) is 10.6. The highest BCUT2D eigenvalue weighted by Gasteiger charge is 2.22. The molecule has 174 valence electrons. The van der Waals surface area contributed by atoms with Gasteiger partial charge in [-0.2, -0.15) is 0 Å². The maximum atomic E-state index is 2.47. The quantitative estimate of drug-likeness (QED) is 0.221. The zero-order valence-electron chi connectivity index (χ0n) is 20.4. The Labute approximate surface area is 217 Å². The Morgan fingerprint density at radius 2 is 0.789 bits per heavy atom. The van der Waals surface area contributed by atoms with Crippen molar-refractivity contribution >= 4 is 76.2 Å². The van der Waals surface area contributed by atoms with E-state index in [1.165, 1.54) is 87.3 Å². The average Bonchev–Trinajstić information content (AvgIpc) is 3.70. The van der Waals surface area contributed by atoms with E-state index in [0.717, 1.165) is 0 Å². The lowest BCUT2D eigenvalue weighted by Gasteiger charge is -2.08. The molecule has 10 rings (SSSR count). The molecule has 0 spiro atoms. The zero-order chi connectivity index (χ0) is 24.5. The van der Waals surface area contributed by atoms with Crippen LogP contribution in [0.4, 0.5) is 0 Å². The van der Waals surface area contributed by atoms with E-state index in [9.17, 15) is 0 Å². The second-order valence-corrected chi connectivity index (χ2v) is 10.5. The summed E-state index contributed by atoms with van der Waals surface area (Å²) in [7, 11) is 0. The number of aromatic nitrogens is 2. The molecule has 2 nitrogen and oxygen atoms in total. The molecule has 0 amide bonds. The first-order chi connectivity index (χ1) is 18.9. The molecular weight excluding hydrogens is 460 g/mol. The van der Waals surface area contributed by atoms with Gasteiger partial charge in [-0.1, -0.05) is 84.9 Å². The Bertz CT molecular complexity index is 2480. The number of hydrogen-bond donors (Lipinski definition) is 0. The summed E-state index contributed by atoms with van der Waals surface area (Å²) in [6.45, 7) is 0. The van der Waals surface area contributed by atoms with E-state index >= 15 is 0 Å². The number of fused-ring (bicyclic) bond motifs is 12. The number of para-hydroxylation sites is 4. The van der Waals surface area contributed by atoms with Gasteiger partial charge in [0.15, 0.2) is 0 Å². The van der Waals surface area contributed by atoms with E-state index in [1.807, 2.05) is 0 Å². The molecular formula is C36H20N2. The minimum Gasteiger partial charge on any atom is -0.308 e. The molecule has 0 aliphatic rings. The van der Waals surface area contributed by atoms with Crippen LogP contribution in [0, 0.1) is 0 Å². The van der Waals surface area contributed by atoms with Crippen molar-refractivity contribution in [2.75, 3.05) is 0 Å². The van der Waals surface area contributed by atoms with E-state index in [0.29, 0.717) is 0 Å². The van der Waals surface area contributed by atoms with Crippen molar-refractivity contribution in [3.8, 4) is 11.1 Å². The highest BCUT2D eigenvalue weighted by molar-refractivity contribution is 6.29. The van der Waals surface area contributed by atoms with Gasteiger partial charge in [0.05, 0.1) is 33.1 Å². The van der Waals surface area contributed by atoms with E-state index < -0.39 is 0 Å². The smallest absolute Gasteiger partial charge is 0.0626 e. The molecule has 0 unspecified atom stereocenters. The predicted molar refractivity (Wildman–Crippen MR) is 161 cm³/mol. The second kappa shape index (κ2) is 6.42. The summed E-state index contributed by atoms with van der Waals surface area (Å²) in [5.41, 5.74) is 10.3. The summed E-state index contributed by atoms with van der Waals surface area (Å²) in [6, 6.07) is 44.9. The van der Waals surface area contributed by atoms with Gasteiger partial charge in [0, 0.05) is 43.1 Å². The lowest BCUT2D eigenvalue weighted by Crippen LogP contribution is -1.82. The van der Waals surface area contributed by atoms with E-state index in [2.05, 4.69) is 130 Å². The third-order valence-corrected chi connectivity index (χ3v) is 8.77. The number of rotatable bonds is 1. The van der Waals surface area contributed by atoms with Gasteiger partial charge in [-0.25, -0.2) is 0 Å². The normalized spacial score (nSPS) is 12.7. The largest absolute Gasteiger partial charge is 0.308 e. The second-order valence-electron chi connectivity index (χ2n) is 10.5. The Morgan fingerprint density at radius 3 is 1.37 bits per heavy atom. The third kappa shape index (κ3) is 2.06. The summed E-state index contributed by atoms with van der Waals surface area (Å²) in [6.07, 6.45) is 0. The molecule has 0 fully saturated rings. The molecule has 0 aliphatic carbocycles. The van der Waals surface area contributed by atoms with Gasteiger partial charge >= 0.3 is 0 Å². The molecule has 0 N–H and O–H groups in total. The standard InChI is InChI=1S/C36H20N2/c1-5-13-30-23(9-1)26-18-17-22(34-27-12-4-8-16-33(27)38(30)36(26)34)21-19-28-24-10-2-6-14-31(24)37-32-15-7-3-11-25(32)29(20-21)35(28)37/h1-20H. The molecule has 2 heteroatoms. The van der Waals surface area contributed by atoms with Crippen LogP contribution in [0.3, 0.4) is 0 Å². The fourth-order valence-corrected chi connectivity index (χ4v) is 7.31. The van der Waals surface area contributed by atoms with Gasteiger partial charge in [0.2, 0.25) is 0 Å². The molecule has 0 radical (unpaired) electrons. The van der Waals surface area contributed by atoms with Gasteiger partial charge in [0.25, 0.3) is 0 Å². The fraction of sp³-hybridized carbons (Fsp3) is 0. The lowest BCUT2D eigenvalue weighted by atomic mass is 9.94. The molecule has 10 aromatic rings. The summed E-state index contributed by atoms with van der Waals surface area (Å²) in [4.78, 5) is 0. The minimum atomic E-state index is 1.27. The van der Waals surface area contributed by atoms with Crippen molar-refractivity contribution in [2.45, 2.75) is 0 Å². The number of nitrogens with zero attached hydrogens (tertiary/aromatic N) is 2. The Kier molecular flexibility index (Phi) is 3.23. The molecule has 4 heterocycles. The first-order valence-corrected chi connectivity index (χ1v) is 13.2. The molecule has 0 saturated carbocycles. The first kappa shape index (κ1) is 19.1. The first-order valence-electron chi connectivity index (χ1n) is 13.2. The molecule has 0 atom stereocenters. The third-order valence-electron chi connectivity index (χ3n) is 8.77. The predicted octanol–water partition coefficient (Wildman–Crippen LogP) is 9.65.